The maximum Gasteiger partial charge on any atom is 0.129 e. The van der Waals surface area contributed by atoms with E-state index < -0.39 is 0 Å². The summed E-state index contributed by atoms with van der Waals surface area (Å²) in [7, 11) is 0. The Morgan fingerprint density at radius 1 is 1.27 bits per heavy atom. The summed E-state index contributed by atoms with van der Waals surface area (Å²) in [6.07, 6.45) is 0.667. The first kappa shape index (κ1) is 16.3. The van der Waals surface area contributed by atoms with Crippen LogP contribution in [0.25, 0.3) is 0 Å². The third kappa shape index (κ3) is 1140. The Morgan fingerprint density at radius 3 is 1.36 bits per heavy atom. The molecule has 0 spiro atoms. The Hall–Kier alpha value is -1.43. The van der Waals surface area contributed by atoms with Gasteiger partial charge >= 0.3 is 0 Å². The van der Waals surface area contributed by atoms with Crippen LogP contribution in [-0.2, 0) is 14.4 Å². The minimum absolute atomic E-state index is 0.255. The van der Waals surface area contributed by atoms with Gasteiger partial charge in [0.15, 0.2) is 0 Å². The van der Waals surface area contributed by atoms with Gasteiger partial charge in [0, 0.05) is 6.42 Å². The van der Waals surface area contributed by atoms with E-state index in [-0.39, 0.29) is 5.78 Å². The number of ketones is 1. The number of Topliss-reactive ketones (excluding diaryl/α,β-unsaturated/α-hetero) is 1. The summed E-state index contributed by atoms with van der Waals surface area (Å²) in [6, 6.07) is 0. The second kappa shape index (κ2) is 23.5. The van der Waals surface area contributed by atoms with Gasteiger partial charge < -0.3 is 4.79 Å². The minimum Gasteiger partial charge on any atom is -0.300 e. The average molecular weight is 156 g/mol. The fourth-order valence-electron chi connectivity index (χ4n) is 0. The van der Waals surface area contributed by atoms with Gasteiger partial charge in [0.1, 0.15) is 17.7 Å². The fraction of sp³-hybridized carbons (Fsp3) is 0.375. The number of hydrogen-bond donors (Lipinski definition) is 0. The molecular formula is C8H12O3. The highest BCUT2D eigenvalue weighted by molar-refractivity contribution is 5.74. The Balaban J connectivity index is -0.0000000933. The Bertz CT molecular complexity index is 135. The molecule has 0 rings (SSSR count). The SMILES string of the molecule is C=C=O.C=C=O.CCC(C)=O. The topological polar surface area (TPSA) is 51.2 Å². The molecule has 0 saturated carbocycles. The van der Waals surface area contributed by atoms with E-state index in [1.54, 1.807) is 6.92 Å². The van der Waals surface area contributed by atoms with E-state index >= 15 is 0 Å². The Kier molecular flexibility index (Phi) is 34.8. The lowest BCUT2D eigenvalue weighted by Gasteiger charge is -1.71. The van der Waals surface area contributed by atoms with E-state index in [9.17, 15) is 4.79 Å². The van der Waals surface area contributed by atoms with Gasteiger partial charge in [0.2, 0.25) is 0 Å². The molecule has 0 aromatic rings. The summed E-state index contributed by atoms with van der Waals surface area (Å²) in [6.45, 7) is 8.79. The quantitative estimate of drug-likeness (QED) is 0.532. The summed E-state index contributed by atoms with van der Waals surface area (Å²) in [5, 5.41) is 0. The summed E-state index contributed by atoms with van der Waals surface area (Å²) >= 11 is 0. The highest BCUT2D eigenvalue weighted by Crippen LogP contribution is 1.71. The van der Waals surface area contributed by atoms with Crippen molar-refractivity contribution in [3.63, 3.8) is 0 Å². The summed E-state index contributed by atoms with van der Waals surface area (Å²) in [5.74, 6) is 2.75. The number of hydrogen-bond acceptors (Lipinski definition) is 3. The molecule has 3 nitrogen and oxygen atoms in total. The Morgan fingerprint density at radius 2 is 1.36 bits per heavy atom. The number of carbonyl (C=O) groups excluding carboxylic acids is 3. The molecule has 0 heterocycles. The van der Waals surface area contributed by atoms with Crippen molar-refractivity contribution in [2.24, 2.45) is 0 Å². The van der Waals surface area contributed by atoms with Crippen LogP contribution in [0.3, 0.4) is 0 Å². The van der Waals surface area contributed by atoms with E-state index in [4.69, 9.17) is 9.59 Å². The van der Waals surface area contributed by atoms with Crippen LogP contribution in [-0.4, -0.2) is 17.7 Å². The second-order valence-electron chi connectivity index (χ2n) is 1.34. The van der Waals surface area contributed by atoms with Crippen molar-refractivity contribution in [1.82, 2.24) is 0 Å². The molecule has 0 aliphatic heterocycles. The van der Waals surface area contributed by atoms with Gasteiger partial charge in [0.25, 0.3) is 0 Å². The maximum atomic E-state index is 9.81. The largest absolute Gasteiger partial charge is 0.300 e. The molecule has 0 unspecified atom stereocenters. The monoisotopic (exact) mass is 156 g/mol. The second-order valence-corrected chi connectivity index (χ2v) is 1.34. The van der Waals surface area contributed by atoms with E-state index in [1.165, 1.54) is 11.9 Å². The summed E-state index contributed by atoms with van der Waals surface area (Å²) in [5.41, 5.74) is 0. The first-order valence-corrected chi connectivity index (χ1v) is 2.88. The molecule has 0 aromatic carbocycles. The van der Waals surface area contributed by atoms with Crippen LogP contribution >= 0.6 is 0 Å². The first-order chi connectivity index (χ1) is 5.10. The van der Waals surface area contributed by atoms with Gasteiger partial charge in [-0.2, -0.15) is 0 Å². The predicted molar refractivity (Wildman–Crippen MR) is 43.6 cm³/mol. The van der Waals surface area contributed by atoms with Gasteiger partial charge in [-0.3, -0.25) is 0 Å². The molecule has 0 aromatic heterocycles. The molecule has 0 aliphatic rings. The number of carbonyl (C=O) groups is 1. The van der Waals surface area contributed by atoms with Crippen LogP contribution in [0.2, 0.25) is 0 Å². The molecule has 0 aliphatic carbocycles. The molecule has 0 radical (unpaired) electrons. The zero-order valence-corrected chi connectivity index (χ0v) is 6.85. The van der Waals surface area contributed by atoms with Crippen LogP contribution in [0.4, 0.5) is 0 Å². The fourth-order valence-corrected chi connectivity index (χ4v) is 0. The smallest absolute Gasteiger partial charge is 0.129 e. The minimum atomic E-state index is 0.255. The van der Waals surface area contributed by atoms with Gasteiger partial charge in [-0.25, -0.2) is 9.59 Å². The lowest BCUT2D eigenvalue weighted by Crippen LogP contribution is -1.80. The van der Waals surface area contributed by atoms with Crippen molar-refractivity contribution < 1.29 is 14.4 Å². The van der Waals surface area contributed by atoms with Crippen molar-refractivity contribution in [2.45, 2.75) is 20.3 Å². The van der Waals surface area contributed by atoms with Crippen molar-refractivity contribution in [1.29, 1.82) is 0 Å². The molecule has 0 N–H and O–H groups in total. The van der Waals surface area contributed by atoms with Crippen molar-refractivity contribution in [3.05, 3.63) is 13.2 Å². The zero-order valence-electron chi connectivity index (χ0n) is 6.85. The molecule has 11 heavy (non-hydrogen) atoms. The molecule has 0 bridgehead atoms. The van der Waals surface area contributed by atoms with Crippen LogP contribution in [0.15, 0.2) is 13.2 Å². The Labute approximate surface area is 66.4 Å². The lowest BCUT2D eigenvalue weighted by atomic mass is 10.4. The maximum absolute atomic E-state index is 9.81. The van der Waals surface area contributed by atoms with Gasteiger partial charge in [0.05, 0.1) is 0 Å². The zero-order chi connectivity index (χ0) is 9.70. The highest BCUT2D eigenvalue weighted by Gasteiger charge is 1.76. The van der Waals surface area contributed by atoms with E-state index in [0.717, 1.165) is 0 Å². The van der Waals surface area contributed by atoms with Gasteiger partial charge in [-0.1, -0.05) is 6.92 Å². The number of rotatable bonds is 1. The molecule has 0 saturated heterocycles. The van der Waals surface area contributed by atoms with Gasteiger partial charge in [-0.05, 0) is 20.1 Å². The van der Waals surface area contributed by atoms with Gasteiger partial charge in [-0.15, -0.1) is 0 Å². The predicted octanol–water partition coefficient (Wildman–Crippen LogP) is 0.993. The van der Waals surface area contributed by atoms with Crippen LogP contribution in [0, 0.1) is 0 Å². The molecule has 0 atom stereocenters. The summed E-state index contributed by atoms with van der Waals surface area (Å²) < 4.78 is 0. The standard InChI is InChI=1S/C4H8O.2C2H2O/c1-3-4(2)5;2*1-2-3/h3H2,1-2H3;2*1H2. The molecule has 0 fully saturated rings. The molecular weight excluding hydrogens is 144 g/mol. The normalized spacial score (nSPS) is 4.91. The highest BCUT2D eigenvalue weighted by atomic mass is 16.1. The average Bonchev–Trinajstić information content (AvgIpc) is 1.91. The van der Waals surface area contributed by atoms with E-state index in [1.807, 2.05) is 6.92 Å². The third-order valence-corrected chi connectivity index (χ3v) is 0.498. The van der Waals surface area contributed by atoms with E-state index in [0.29, 0.717) is 6.42 Å². The van der Waals surface area contributed by atoms with E-state index in [2.05, 4.69) is 13.2 Å². The van der Waals surface area contributed by atoms with Crippen LogP contribution in [0.1, 0.15) is 20.3 Å². The summed E-state index contributed by atoms with van der Waals surface area (Å²) in [4.78, 5) is 27.0. The van der Waals surface area contributed by atoms with Crippen molar-refractivity contribution in [2.75, 3.05) is 0 Å². The molecule has 3 heteroatoms. The van der Waals surface area contributed by atoms with Crippen LogP contribution < -0.4 is 0 Å². The van der Waals surface area contributed by atoms with Crippen molar-refractivity contribution in [3.8, 4) is 0 Å². The first-order valence-electron chi connectivity index (χ1n) is 2.88. The molecule has 62 valence electrons. The van der Waals surface area contributed by atoms with Crippen molar-refractivity contribution >= 4 is 17.7 Å². The molecule has 0 amide bonds. The lowest BCUT2D eigenvalue weighted by molar-refractivity contribution is -0.116. The van der Waals surface area contributed by atoms with Crippen LogP contribution in [0.5, 0.6) is 0 Å². The third-order valence-electron chi connectivity index (χ3n) is 0.498.